The van der Waals surface area contributed by atoms with Crippen molar-refractivity contribution in [2.24, 2.45) is 17.8 Å². The number of carbonyl (C=O) groups excluding carboxylic acids is 4. The molecule has 224 valence electrons. The van der Waals surface area contributed by atoms with Crippen LogP contribution < -0.4 is 16.2 Å². The normalized spacial score (nSPS) is 15.0. The van der Waals surface area contributed by atoms with Crippen LogP contribution in [0.15, 0.2) is 59.5 Å². The number of hydrogen-bond acceptors (Lipinski definition) is 8. The van der Waals surface area contributed by atoms with Crippen molar-refractivity contribution in [3.05, 3.63) is 65.7 Å². The molecule has 5 N–H and O–H groups in total. The summed E-state index contributed by atoms with van der Waals surface area (Å²) >= 11 is 0. The zero-order valence-corrected chi connectivity index (χ0v) is 24.2. The molecule has 2 aromatic carbocycles. The number of hydroxylamine groups is 1. The molecule has 3 rings (SSSR count). The van der Waals surface area contributed by atoms with Crippen molar-refractivity contribution < 1.29 is 37.4 Å². The standard InChI is InChI=1S/C21H30N4O5.C7H8O3S/c1-14(2)11-17(20(28)23-25-18(26)12-22-13-19(25)27)16(21(29)24-30)10-6-9-15-7-4-3-5-8-15;1-6-2-4-7(5-3-6)11(8,9)10/h3-5,7-8,14,16-17,22,30H,6,9-13H2,1-2H3,(H,23,28)(H,24,29);2-5H,1H3,(H,8,9,10)/t16-,17?;/m1./s1. The molecule has 41 heavy (non-hydrogen) atoms. The summed E-state index contributed by atoms with van der Waals surface area (Å²) in [4.78, 5) is 49.3. The Morgan fingerprint density at radius 1 is 0.951 bits per heavy atom. The van der Waals surface area contributed by atoms with E-state index in [0.717, 1.165) is 17.5 Å². The minimum absolute atomic E-state index is 0.0570. The van der Waals surface area contributed by atoms with Crippen LogP contribution in [0, 0.1) is 24.7 Å². The molecule has 0 saturated carbocycles. The summed E-state index contributed by atoms with van der Waals surface area (Å²) in [6, 6.07) is 15.8. The molecule has 0 spiro atoms. The van der Waals surface area contributed by atoms with Crippen molar-refractivity contribution in [2.75, 3.05) is 13.1 Å². The number of benzene rings is 2. The van der Waals surface area contributed by atoms with Gasteiger partial charge in [-0.1, -0.05) is 61.9 Å². The molecule has 0 radical (unpaired) electrons. The highest BCUT2D eigenvalue weighted by Crippen LogP contribution is 2.26. The van der Waals surface area contributed by atoms with E-state index in [4.69, 9.17) is 4.55 Å². The second-order valence-corrected chi connectivity index (χ2v) is 11.6. The fourth-order valence-electron chi connectivity index (χ4n) is 4.33. The minimum atomic E-state index is -4.02. The smallest absolute Gasteiger partial charge is 0.294 e. The Labute approximate surface area is 240 Å². The van der Waals surface area contributed by atoms with Gasteiger partial charge in [0.1, 0.15) is 0 Å². The van der Waals surface area contributed by atoms with Crippen LogP contribution in [0.5, 0.6) is 0 Å². The average molecular weight is 591 g/mol. The largest absolute Gasteiger partial charge is 0.300 e. The van der Waals surface area contributed by atoms with Gasteiger partial charge in [-0.2, -0.15) is 13.4 Å². The van der Waals surface area contributed by atoms with E-state index in [0.29, 0.717) is 24.3 Å². The number of nitrogens with one attached hydrogen (secondary N) is 3. The quantitative estimate of drug-likeness (QED) is 0.113. The fraction of sp³-hybridized carbons (Fsp3) is 0.429. The third-order valence-electron chi connectivity index (χ3n) is 6.41. The maximum absolute atomic E-state index is 13.0. The molecule has 0 aliphatic carbocycles. The molecule has 13 heteroatoms. The molecule has 1 unspecified atom stereocenters. The number of amides is 4. The number of nitrogens with zero attached hydrogens (tertiary/aromatic N) is 1. The first-order valence-electron chi connectivity index (χ1n) is 13.2. The van der Waals surface area contributed by atoms with Gasteiger partial charge in [-0.05, 0) is 56.2 Å². The van der Waals surface area contributed by atoms with Gasteiger partial charge in [0.05, 0.1) is 29.8 Å². The molecule has 12 nitrogen and oxygen atoms in total. The molecular weight excluding hydrogens is 552 g/mol. The van der Waals surface area contributed by atoms with Crippen molar-refractivity contribution in [1.29, 1.82) is 0 Å². The van der Waals surface area contributed by atoms with Crippen LogP contribution >= 0.6 is 0 Å². The van der Waals surface area contributed by atoms with E-state index in [-0.39, 0.29) is 23.9 Å². The first kappa shape index (κ1) is 33.6. The van der Waals surface area contributed by atoms with Crippen LogP contribution in [0.1, 0.15) is 44.2 Å². The topological polar surface area (TPSA) is 182 Å². The summed E-state index contributed by atoms with van der Waals surface area (Å²) < 4.78 is 29.6. The van der Waals surface area contributed by atoms with Gasteiger partial charge < -0.3 is 0 Å². The van der Waals surface area contributed by atoms with E-state index in [2.05, 4.69) is 10.7 Å². The van der Waals surface area contributed by atoms with E-state index in [1.165, 1.54) is 12.1 Å². The second kappa shape index (κ2) is 16.0. The van der Waals surface area contributed by atoms with E-state index in [9.17, 15) is 32.8 Å². The number of piperazine rings is 1. The molecule has 1 heterocycles. The van der Waals surface area contributed by atoms with Gasteiger partial charge in [0.25, 0.3) is 21.9 Å². The molecule has 2 aromatic rings. The van der Waals surface area contributed by atoms with Gasteiger partial charge in [-0.25, -0.2) is 5.48 Å². The summed E-state index contributed by atoms with van der Waals surface area (Å²) in [5, 5.41) is 12.6. The Morgan fingerprint density at radius 2 is 1.54 bits per heavy atom. The number of imide groups is 1. The predicted octanol–water partition coefficient (Wildman–Crippen LogP) is 2.02. The monoisotopic (exact) mass is 590 g/mol. The predicted molar refractivity (Wildman–Crippen MR) is 150 cm³/mol. The number of rotatable bonds is 11. The average Bonchev–Trinajstić information content (AvgIpc) is 2.92. The lowest BCUT2D eigenvalue weighted by Gasteiger charge is -2.30. The van der Waals surface area contributed by atoms with E-state index in [1.54, 1.807) is 17.6 Å². The lowest BCUT2D eigenvalue weighted by molar-refractivity contribution is -0.157. The van der Waals surface area contributed by atoms with Gasteiger partial charge in [0.2, 0.25) is 11.8 Å². The van der Waals surface area contributed by atoms with E-state index in [1.807, 2.05) is 51.1 Å². The zero-order valence-electron chi connectivity index (χ0n) is 23.4. The molecule has 1 aliphatic rings. The molecule has 0 aromatic heterocycles. The highest BCUT2D eigenvalue weighted by atomic mass is 32.2. The van der Waals surface area contributed by atoms with Crippen molar-refractivity contribution in [3.8, 4) is 0 Å². The van der Waals surface area contributed by atoms with E-state index >= 15 is 0 Å². The molecule has 1 aliphatic heterocycles. The number of aryl methyl sites for hydroxylation is 2. The van der Waals surface area contributed by atoms with Crippen LogP contribution in [0.3, 0.4) is 0 Å². The summed E-state index contributed by atoms with van der Waals surface area (Å²) in [6.07, 6.45) is 2.09. The van der Waals surface area contributed by atoms with Crippen LogP contribution in [0.25, 0.3) is 0 Å². The van der Waals surface area contributed by atoms with Gasteiger partial charge in [-0.3, -0.25) is 39.7 Å². The maximum atomic E-state index is 13.0. The van der Waals surface area contributed by atoms with Crippen molar-refractivity contribution >= 4 is 33.7 Å². The molecule has 0 bridgehead atoms. The summed E-state index contributed by atoms with van der Waals surface area (Å²) in [5.74, 6) is -3.87. The Bertz CT molecular complexity index is 1270. The maximum Gasteiger partial charge on any atom is 0.294 e. The first-order chi connectivity index (χ1) is 19.3. The van der Waals surface area contributed by atoms with Crippen LogP contribution in [-0.2, 0) is 35.7 Å². The number of hydrazine groups is 1. The van der Waals surface area contributed by atoms with Gasteiger partial charge in [0.15, 0.2) is 0 Å². The van der Waals surface area contributed by atoms with E-state index < -0.39 is 45.6 Å². The second-order valence-electron chi connectivity index (χ2n) is 10.2. The highest BCUT2D eigenvalue weighted by Gasteiger charge is 2.37. The summed E-state index contributed by atoms with van der Waals surface area (Å²) in [6.45, 7) is 5.56. The molecule has 4 amide bonds. The lowest BCUT2D eigenvalue weighted by atomic mass is 9.81. The summed E-state index contributed by atoms with van der Waals surface area (Å²) in [5.41, 5.74) is 6.12. The van der Waals surface area contributed by atoms with Crippen LogP contribution in [0.2, 0.25) is 0 Å². The first-order valence-corrected chi connectivity index (χ1v) is 14.7. The Kier molecular flexibility index (Phi) is 13.1. The number of carbonyl (C=O) groups is 4. The lowest BCUT2D eigenvalue weighted by Crippen LogP contribution is -2.60. The Morgan fingerprint density at radius 3 is 2.05 bits per heavy atom. The van der Waals surface area contributed by atoms with Crippen LogP contribution in [0.4, 0.5) is 0 Å². The van der Waals surface area contributed by atoms with Crippen molar-refractivity contribution in [3.63, 3.8) is 0 Å². The molecular formula is C28H38N4O8S. The minimum Gasteiger partial charge on any atom is -0.300 e. The zero-order chi connectivity index (χ0) is 30.6. The third-order valence-corrected chi connectivity index (χ3v) is 7.28. The van der Waals surface area contributed by atoms with Crippen LogP contribution in [-0.4, -0.2) is 59.9 Å². The SMILES string of the molecule is CC(C)CC(C(=O)NN1C(=O)CNCC1=O)[C@@H](CCCc1ccccc1)C(=O)NO.Cc1ccc(S(=O)(=O)O)cc1. The van der Waals surface area contributed by atoms with Gasteiger partial charge in [0, 0.05) is 0 Å². The third kappa shape index (κ3) is 11.0. The highest BCUT2D eigenvalue weighted by molar-refractivity contribution is 7.85. The Balaban J connectivity index is 0.000000446. The summed E-state index contributed by atoms with van der Waals surface area (Å²) in [7, 11) is -4.02. The molecule has 2 atom stereocenters. The van der Waals surface area contributed by atoms with Crippen molar-refractivity contribution in [2.45, 2.75) is 51.3 Å². The molecule has 1 saturated heterocycles. The van der Waals surface area contributed by atoms with Gasteiger partial charge in [-0.15, -0.1) is 0 Å². The van der Waals surface area contributed by atoms with Gasteiger partial charge >= 0.3 is 0 Å². The molecule has 1 fully saturated rings. The Hall–Kier alpha value is -3.65. The van der Waals surface area contributed by atoms with Crippen molar-refractivity contribution in [1.82, 2.24) is 21.2 Å². The fourth-order valence-corrected chi connectivity index (χ4v) is 4.81. The number of hydrogen-bond donors (Lipinski definition) is 5.